The van der Waals surface area contributed by atoms with Gasteiger partial charge < -0.3 is 0 Å². The van der Waals surface area contributed by atoms with Gasteiger partial charge in [-0.15, -0.1) is 21.7 Å². The van der Waals surface area contributed by atoms with Crippen molar-refractivity contribution in [3.05, 3.63) is 40.5 Å². The molecule has 0 unspecified atom stereocenters. The van der Waals surface area contributed by atoms with E-state index in [4.69, 9.17) is 0 Å². The van der Waals surface area contributed by atoms with Crippen molar-refractivity contribution < 1.29 is 20.1 Å². The summed E-state index contributed by atoms with van der Waals surface area (Å²) in [7, 11) is 0. The normalized spacial score (nSPS) is 7.91. The van der Waals surface area contributed by atoms with Gasteiger partial charge in [0.1, 0.15) is 0 Å². The zero-order valence-corrected chi connectivity index (χ0v) is 8.21. The van der Waals surface area contributed by atoms with E-state index < -0.39 is 32.5 Å². The number of nitrogens with one attached hydrogen (secondary N) is 4. The van der Waals surface area contributed by atoms with Crippen LogP contribution >= 0.6 is 0 Å². The van der Waals surface area contributed by atoms with E-state index in [-0.39, 0.29) is 206 Å². The molecule has 0 bridgehead atoms. The quantitative estimate of drug-likeness (QED) is 0.116. The van der Waals surface area contributed by atoms with Crippen molar-refractivity contribution >= 4 is 206 Å². The molecular formula is C2H10K4N8O8. The molecule has 4 N–H and O–H groups in total. The van der Waals surface area contributed by atoms with Crippen LogP contribution in [-0.4, -0.2) is 238 Å². The summed E-state index contributed by atoms with van der Waals surface area (Å²) in [6.45, 7) is 0. The Morgan fingerprint density at radius 2 is 0.636 bits per heavy atom. The third-order valence-corrected chi connectivity index (χ3v) is 1.31. The molecule has 0 aromatic carbocycles. The molecule has 0 heterocycles. The van der Waals surface area contributed by atoms with E-state index in [9.17, 15) is 40.5 Å². The first kappa shape index (κ1) is 36.3. The summed E-state index contributed by atoms with van der Waals surface area (Å²) in [5, 5.41) is 35.3. The second kappa shape index (κ2) is 20.7. The summed E-state index contributed by atoms with van der Waals surface area (Å²) in [5.41, 5.74) is 5.03. The van der Waals surface area contributed by atoms with Gasteiger partial charge in [0.25, 0.3) is 12.3 Å². The van der Waals surface area contributed by atoms with Crippen LogP contribution in [0.15, 0.2) is 0 Å². The maximum absolute atomic E-state index is 10.1. The summed E-state index contributed by atoms with van der Waals surface area (Å²) in [6.07, 6.45) is -4.13. The molecule has 0 aliphatic rings. The molecule has 0 amide bonds. The second-order valence-electron chi connectivity index (χ2n) is 2.50. The fraction of sp³-hybridized carbons (Fsp3) is 1.00. The Labute approximate surface area is 291 Å². The molecule has 0 saturated heterocycles. The number of nitrogens with zero attached hydrogens (tertiary/aromatic N) is 4. The topological polar surface area (TPSA) is 221 Å². The first-order valence-corrected chi connectivity index (χ1v) is 3.84. The van der Waals surface area contributed by atoms with Crippen LogP contribution in [0.3, 0.4) is 0 Å². The molecule has 20 heteroatoms. The number of rotatable bonds is 9. The van der Waals surface area contributed by atoms with Gasteiger partial charge in [0.15, 0.2) is 20.1 Å². The Hall–Kier alpha value is 3.35. The van der Waals surface area contributed by atoms with Gasteiger partial charge in [-0.25, -0.2) is 40.5 Å². The zero-order chi connectivity index (χ0) is 14.3. The average Bonchev–Trinajstić information content (AvgIpc) is 2.12. The Morgan fingerprint density at radius 1 is 0.500 bits per heavy atom. The van der Waals surface area contributed by atoms with Crippen LogP contribution in [0.2, 0.25) is 0 Å². The summed E-state index contributed by atoms with van der Waals surface area (Å²) in [6, 6.07) is 0. The molecule has 0 aromatic rings. The molecule has 0 aliphatic heterocycles. The van der Waals surface area contributed by atoms with Crippen molar-refractivity contribution in [2.45, 2.75) is 12.3 Å². The average molecular weight is 431 g/mol. The fourth-order valence-corrected chi connectivity index (χ4v) is 0.810. The molecule has 0 aromatic heterocycles. The number of hydrogen-bond donors (Lipinski definition) is 4. The van der Waals surface area contributed by atoms with E-state index in [2.05, 4.69) is 0 Å². The predicted octanol–water partition coefficient (Wildman–Crippen LogP) is -5.83. The van der Waals surface area contributed by atoms with Gasteiger partial charge in [0.2, 0.25) is 0 Å². The van der Waals surface area contributed by atoms with Crippen LogP contribution in [0.5, 0.6) is 0 Å². The molecular weight excluding hydrogens is 420 g/mol. The molecule has 0 atom stereocenters. The van der Waals surface area contributed by atoms with Crippen LogP contribution in [0.25, 0.3) is 0 Å². The standard InChI is InChI=1S/C2H6N8O8.4K.4H/c11-7(12)3-1(4-8(13)14)2(5-9(15)16)6-10(17)18;;;;;;;;/h1-6H;;;;;;;;. The van der Waals surface area contributed by atoms with Crippen molar-refractivity contribution in [1.82, 2.24) is 21.7 Å². The summed E-state index contributed by atoms with van der Waals surface area (Å²) < 4.78 is 0. The Morgan fingerprint density at radius 3 is 0.727 bits per heavy atom. The summed E-state index contributed by atoms with van der Waals surface area (Å²) in [5.74, 6) is 0. The van der Waals surface area contributed by atoms with Crippen molar-refractivity contribution in [3.8, 4) is 0 Å². The second-order valence-corrected chi connectivity index (χ2v) is 2.50. The Kier molecular flexibility index (Phi) is 34.1. The molecule has 0 radical (unpaired) electrons. The van der Waals surface area contributed by atoms with Crippen LogP contribution < -0.4 is 21.7 Å². The van der Waals surface area contributed by atoms with Gasteiger partial charge in [-0.05, 0) is 0 Å². The molecule has 0 saturated carbocycles. The van der Waals surface area contributed by atoms with Gasteiger partial charge in [0.05, 0.1) is 0 Å². The van der Waals surface area contributed by atoms with E-state index in [1.54, 1.807) is 0 Å². The SMILES string of the molecule is O=[N+]([O-])NC(N[N+](=O)[O-])C(N[N+](=O)[O-])N[N+](=O)[O-].[KH].[KH].[KH].[KH]. The molecule has 0 rings (SSSR count). The monoisotopic (exact) mass is 430 g/mol. The third kappa shape index (κ3) is 21.4. The van der Waals surface area contributed by atoms with Crippen LogP contribution in [0.4, 0.5) is 0 Å². The van der Waals surface area contributed by atoms with E-state index >= 15 is 0 Å². The summed E-state index contributed by atoms with van der Waals surface area (Å²) >= 11 is 0. The van der Waals surface area contributed by atoms with Crippen LogP contribution in [-0.2, 0) is 0 Å². The maximum atomic E-state index is 10.1. The van der Waals surface area contributed by atoms with Crippen LogP contribution in [0, 0.1) is 40.5 Å². The number of hydrogen-bond acceptors (Lipinski definition) is 8. The fourth-order valence-electron chi connectivity index (χ4n) is 0.810. The minimum atomic E-state index is -2.06. The van der Waals surface area contributed by atoms with E-state index in [0.29, 0.717) is 0 Å². The molecule has 110 valence electrons. The van der Waals surface area contributed by atoms with Gasteiger partial charge in [-0.1, -0.05) is 0 Å². The zero-order valence-electron chi connectivity index (χ0n) is 8.21. The Bertz CT molecular complexity index is 304. The van der Waals surface area contributed by atoms with E-state index in [1.807, 2.05) is 0 Å². The number of hydrazine groups is 4. The molecule has 0 spiro atoms. The van der Waals surface area contributed by atoms with Crippen molar-refractivity contribution in [2.24, 2.45) is 0 Å². The summed E-state index contributed by atoms with van der Waals surface area (Å²) in [4.78, 5) is 40.4. The van der Waals surface area contributed by atoms with Crippen molar-refractivity contribution in [1.29, 1.82) is 0 Å². The Balaban J connectivity index is -0.000000241. The van der Waals surface area contributed by atoms with Gasteiger partial charge >= 0.3 is 206 Å². The van der Waals surface area contributed by atoms with Crippen molar-refractivity contribution in [3.63, 3.8) is 0 Å². The van der Waals surface area contributed by atoms with E-state index in [0.717, 1.165) is 0 Å². The molecule has 22 heavy (non-hydrogen) atoms. The predicted molar refractivity (Wildman–Crippen MR) is 76.7 cm³/mol. The molecule has 0 aliphatic carbocycles. The molecule has 16 nitrogen and oxygen atoms in total. The van der Waals surface area contributed by atoms with Crippen molar-refractivity contribution in [2.75, 3.05) is 0 Å². The van der Waals surface area contributed by atoms with Crippen LogP contribution in [0.1, 0.15) is 0 Å². The minimum absolute atomic E-state index is 0. The number of nitro groups is 4. The van der Waals surface area contributed by atoms with E-state index in [1.165, 1.54) is 21.7 Å². The first-order chi connectivity index (χ1) is 8.22. The third-order valence-electron chi connectivity index (χ3n) is 1.31. The first-order valence-electron chi connectivity index (χ1n) is 3.84. The van der Waals surface area contributed by atoms with Gasteiger partial charge in [-0.3, -0.25) is 0 Å². The van der Waals surface area contributed by atoms with Gasteiger partial charge in [0, 0.05) is 0 Å². The molecule has 0 fully saturated rings. The van der Waals surface area contributed by atoms with Gasteiger partial charge in [-0.2, -0.15) is 0 Å².